The topological polar surface area (TPSA) is 27.5 Å². The van der Waals surface area contributed by atoms with Crippen LogP contribution in [0.3, 0.4) is 0 Å². The summed E-state index contributed by atoms with van der Waals surface area (Å²) in [7, 11) is 0. The van der Waals surface area contributed by atoms with Crippen molar-refractivity contribution in [1.82, 2.24) is 9.55 Å². The van der Waals surface area contributed by atoms with Gasteiger partial charge in [0.15, 0.2) is 0 Å². The van der Waals surface area contributed by atoms with Crippen molar-refractivity contribution in [2.24, 2.45) is 0 Å². The number of aromatic nitrogens is 2. The molecule has 9 rings (SSSR count). The molecular weight excluding hydrogens is 794 g/mol. The van der Waals surface area contributed by atoms with Crippen LogP contribution >= 0.6 is 0 Å². The molecular formula is C44H33N5Pt. The third kappa shape index (κ3) is 5.35. The Morgan fingerprint density at radius 3 is 2.32 bits per heavy atom. The quantitative estimate of drug-likeness (QED) is 0.156. The van der Waals surface area contributed by atoms with E-state index in [1.807, 2.05) is 71.8 Å². The van der Waals surface area contributed by atoms with Crippen molar-refractivity contribution in [3.05, 3.63) is 169 Å². The van der Waals surface area contributed by atoms with E-state index in [1.54, 1.807) is 0 Å². The first-order chi connectivity index (χ1) is 25.3. The average molecular weight is 830 g/mol. The predicted molar refractivity (Wildman–Crippen MR) is 203 cm³/mol. The van der Waals surface area contributed by atoms with Gasteiger partial charge in [0, 0.05) is 28.5 Å². The van der Waals surface area contributed by atoms with E-state index in [0.29, 0.717) is 5.69 Å². The van der Waals surface area contributed by atoms with E-state index in [9.17, 15) is 0 Å². The van der Waals surface area contributed by atoms with E-state index in [-0.39, 0.29) is 27.7 Å². The molecule has 8 aromatic rings. The molecule has 0 amide bonds. The van der Waals surface area contributed by atoms with Crippen molar-refractivity contribution < 1.29 is 25.2 Å². The molecule has 0 saturated heterocycles. The van der Waals surface area contributed by atoms with E-state index in [4.69, 9.17) is 9.10 Å². The summed E-state index contributed by atoms with van der Waals surface area (Å²) in [6.07, 6.45) is 1.88. The fourth-order valence-corrected chi connectivity index (χ4v) is 6.99. The second-order valence-corrected chi connectivity index (χ2v) is 12.3. The molecule has 244 valence electrons. The summed E-state index contributed by atoms with van der Waals surface area (Å²) in [6.45, 7) is 0.0373. The Morgan fingerprint density at radius 1 is 0.700 bits per heavy atom. The first-order valence-corrected chi connectivity index (χ1v) is 16.3. The molecule has 0 unspecified atom stereocenters. The van der Waals surface area contributed by atoms with Gasteiger partial charge in [-0.2, -0.15) is 12.1 Å². The molecule has 2 aromatic heterocycles. The van der Waals surface area contributed by atoms with Gasteiger partial charge in [-0.3, -0.25) is 0 Å². The second-order valence-electron chi connectivity index (χ2n) is 12.3. The summed E-state index contributed by atoms with van der Waals surface area (Å²) < 4.78 is 26.8. The van der Waals surface area contributed by atoms with E-state index in [2.05, 4.69) is 113 Å². The summed E-state index contributed by atoms with van der Waals surface area (Å²) >= 11 is 0. The van der Waals surface area contributed by atoms with Crippen LogP contribution in [0.15, 0.2) is 152 Å². The number of hydrogen-bond donors (Lipinski definition) is 0. The van der Waals surface area contributed by atoms with E-state index in [0.717, 1.165) is 61.6 Å². The Bertz CT molecular complexity index is 2600. The van der Waals surface area contributed by atoms with Gasteiger partial charge in [-0.25, -0.2) is 4.98 Å². The number of fused-ring (bicyclic) bond motifs is 4. The van der Waals surface area contributed by atoms with Gasteiger partial charge in [-0.1, -0.05) is 95.4 Å². The number of hydrogen-bond acceptors (Lipinski definition) is 4. The van der Waals surface area contributed by atoms with Gasteiger partial charge in [-0.15, -0.1) is 35.7 Å². The monoisotopic (exact) mass is 829 g/mol. The van der Waals surface area contributed by atoms with Crippen molar-refractivity contribution in [2.75, 3.05) is 28.3 Å². The van der Waals surface area contributed by atoms with Crippen molar-refractivity contribution in [1.29, 1.82) is 0 Å². The van der Waals surface area contributed by atoms with Crippen LogP contribution in [0.2, 0.25) is 0 Å². The number of pyridine rings is 1. The zero-order valence-corrected chi connectivity index (χ0v) is 29.5. The van der Waals surface area contributed by atoms with Gasteiger partial charge in [-0.05, 0) is 71.5 Å². The van der Waals surface area contributed by atoms with Gasteiger partial charge in [0.2, 0.25) is 0 Å². The molecule has 0 atom stereocenters. The molecule has 6 aromatic carbocycles. The van der Waals surface area contributed by atoms with E-state index >= 15 is 0 Å². The summed E-state index contributed by atoms with van der Waals surface area (Å²) in [4.78, 5) is 10.5. The molecule has 0 aliphatic carbocycles. The minimum absolute atomic E-state index is 0. The fraction of sp³-hybridized carbons (Fsp3) is 0.0682. The van der Waals surface area contributed by atoms with Crippen LogP contribution in [0, 0.1) is 19.1 Å². The van der Waals surface area contributed by atoms with Gasteiger partial charge >= 0.3 is 21.1 Å². The summed E-state index contributed by atoms with van der Waals surface area (Å²) in [5.74, 6) is 0.812. The summed E-state index contributed by atoms with van der Waals surface area (Å²) in [6, 6.07) is 56.6. The van der Waals surface area contributed by atoms with Crippen molar-refractivity contribution >= 4 is 55.9 Å². The Labute approximate surface area is 311 Å². The Balaban J connectivity index is 0.00000400. The Morgan fingerprint density at radius 2 is 1.46 bits per heavy atom. The smallest absolute Gasteiger partial charge is 0.358 e. The number of aryl methyl sites for hydroxylation is 1. The molecule has 0 radical (unpaired) electrons. The van der Waals surface area contributed by atoms with Crippen LogP contribution in [0.1, 0.15) is 9.68 Å². The third-order valence-electron chi connectivity index (χ3n) is 9.30. The molecule has 1 aliphatic rings. The summed E-state index contributed by atoms with van der Waals surface area (Å²) in [5, 5.41) is 2.20. The van der Waals surface area contributed by atoms with Gasteiger partial charge in [0.25, 0.3) is 0 Å². The molecule has 6 heteroatoms. The zero-order valence-electron chi connectivity index (χ0n) is 30.2. The van der Waals surface area contributed by atoms with Crippen LogP contribution in [0.25, 0.3) is 38.8 Å². The van der Waals surface area contributed by atoms with Crippen LogP contribution in [-0.4, -0.2) is 23.2 Å². The largest absolute Gasteiger partial charge is 2.00 e. The number of nitrogens with zero attached hydrogens (tertiary/aromatic N) is 5. The Hall–Kier alpha value is -5.64. The first-order valence-electron chi connectivity index (χ1n) is 17.8. The van der Waals surface area contributed by atoms with Gasteiger partial charge in [0.05, 0.1) is 18.0 Å². The maximum Gasteiger partial charge on any atom is 2.00 e. The van der Waals surface area contributed by atoms with Crippen LogP contribution in [-0.2, 0) is 21.1 Å². The number of anilines is 6. The number of para-hydroxylation sites is 4. The van der Waals surface area contributed by atoms with Crippen LogP contribution in [0.4, 0.5) is 34.1 Å². The van der Waals surface area contributed by atoms with Gasteiger partial charge < -0.3 is 19.3 Å². The second kappa shape index (κ2) is 13.0. The van der Waals surface area contributed by atoms with E-state index in [1.165, 1.54) is 16.0 Å². The van der Waals surface area contributed by atoms with Crippen molar-refractivity contribution in [3.8, 4) is 16.9 Å². The normalized spacial score (nSPS) is 13.4. The third-order valence-corrected chi connectivity index (χ3v) is 9.30. The molecule has 0 saturated carbocycles. The van der Waals surface area contributed by atoms with Crippen LogP contribution in [0.5, 0.6) is 0 Å². The standard InChI is InChI=1S/C44H33N5.Pt/c1-31-13-6-7-18-37(31)32-25-26-45-44(27-32)49-40-20-9-8-19-38(40)39-24-23-36(29-43(39)49)48(33-14-4-3-5-15-33)35-17-12-16-34(28-35)47-30-46(2)41-21-10-11-22-42(41)47;/h3-27H,30H2,1-2H3;/q-2;+2/i2D3;. The number of rotatable bonds is 6. The van der Waals surface area contributed by atoms with E-state index < -0.39 is 6.98 Å². The van der Waals surface area contributed by atoms with Crippen LogP contribution < -0.4 is 14.7 Å². The zero-order chi connectivity index (χ0) is 35.4. The molecule has 0 N–H and O–H groups in total. The molecule has 0 bridgehead atoms. The maximum absolute atomic E-state index is 8.20. The molecule has 5 nitrogen and oxygen atoms in total. The molecule has 1 aliphatic heterocycles. The Kier molecular flexibility index (Phi) is 7.34. The number of benzene rings is 6. The fourth-order valence-electron chi connectivity index (χ4n) is 6.99. The minimum atomic E-state index is -2.28. The first kappa shape index (κ1) is 28.2. The minimum Gasteiger partial charge on any atom is -0.358 e. The molecule has 0 spiro atoms. The molecule has 50 heavy (non-hydrogen) atoms. The van der Waals surface area contributed by atoms with Crippen molar-refractivity contribution in [2.45, 2.75) is 6.92 Å². The maximum atomic E-state index is 8.20. The average Bonchev–Trinajstić information content (AvgIpc) is 3.73. The SMILES string of the molecule is [2H]C([2H])([2H])N1CN(c2[c-]c(N(c3[c-]c4c(cc3)c3ccccc3n4-c3cc(-c4ccccc4C)ccn3)c3ccccc3)ccc2)c2ccccc21.[Pt+2]. The van der Waals surface area contributed by atoms with Gasteiger partial charge in [0.1, 0.15) is 5.82 Å². The summed E-state index contributed by atoms with van der Waals surface area (Å²) in [5.41, 5.74) is 10.3. The van der Waals surface area contributed by atoms with Crippen molar-refractivity contribution in [3.63, 3.8) is 0 Å². The predicted octanol–water partition coefficient (Wildman–Crippen LogP) is 10.8. The molecule has 0 fully saturated rings. The molecule has 3 heterocycles.